The quantitative estimate of drug-likeness (QED) is 0.564. The molecule has 1 aromatic heterocycles. The lowest BCUT2D eigenvalue weighted by Gasteiger charge is -2.28. The summed E-state index contributed by atoms with van der Waals surface area (Å²) in [6.07, 6.45) is 2.80. The molecule has 0 aliphatic carbocycles. The Labute approximate surface area is 167 Å². The highest BCUT2D eigenvalue weighted by Gasteiger charge is 2.20. The Bertz CT molecular complexity index is 921. The molecule has 3 nitrogen and oxygen atoms in total. The number of hydrogen-bond donors (Lipinski definition) is 0. The van der Waals surface area contributed by atoms with E-state index in [1.807, 2.05) is 48.7 Å². The van der Waals surface area contributed by atoms with Crippen molar-refractivity contribution in [2.45, 2.75) is 19.5 Å². The topological polar surface area (TPSA) is 29.0 Å². The third-order valence-electron chi connectivity index (χ3n) is 4.56. The molecule has 0 unspecified atom stereocenters. The van der Waals surface area contributed by atoms with Gasteiger partial charge in [-0.1, -0.05) is 40.9 Å². The maximum absolute atomic E-state index is 6.30. The molecule has 0 saturated carbocycles. The molecule has 26 heavy (non-hydrogen) atoms. The smallest absolute Gasteiger partial charge is 0.159 e. The molecule has 2 aromatic carbocycles. The summed E-state index contributed by atoms with van der Waals surface area (Å²) >= 11 is 18.6. The Morgan fingerprint density at radius 3 is 2.42 bits per heavy atom. The number of benzene rings is 2. The zero-order chi connectivity index (χ0) is 18.1. The largest absolute Gasteiger partial charge is 0.294 e. The molecule has 1 aliphatic rings. The van der Waals surface area contributed by atoms with E-state index in [4.69, 9.17) is 39.8 Å². The van der Waals surface area contributed by atoms with E-state index >= 15 is 0 Å². The predicted molar refractivity (Wildman–Crippen MR) is 107 cm³/mol. The van der Waals surface area contributed by atoms with E-state index in [0.29, 0.717) is 15.1 Å². The van der Waals surface area contributed by atoms with Crippen LogP contribution in [0.25, 0.3) is 11.4 Å². The van der Waals surface area contributed by atoms with E-state index in [9.17, 15) is 0 Å². The third kappa shape index (κ3) is 3.72. The molecule has 2 heterocycles. The summed E-state index contributed by atoms with van der Waals surface area (Å²) in [6.45, 7) is 2.42. The van der Waals surface area contributed by atoms with Crippen LogP contribution < -0.4 is 0 Å². The second-order valence-electron chi connectivity index (χ2n) is 6.33. The maximum atomic E-state index is 6.30. The van der Waals surface area contributed by atoms with Gasteiger partial charge in [0, 0.05) is 64.0 Å². The molecule has 0 spiro atoms. The van der Waals surface area contributed by atoms with Crippen LogP contribution in [0.1, 0.15) is 16.8 Å². The predicted octanol–water partition coefficient (Wildman–Crippen LogP) is 5.66. The Kier molecular flexibility index (Phi) is 5.14. The van der Waals surface area contributed by atoms with Crippen molar-refractivity contribution in [1.82, 2.24) is 14.9 Å². The summed E-state index contributed by atoms with van der Waals surface area (Å²) in [5.41, 5.74) is 4.20. The number of rotatable bonds is 3. The number of nitrogens with zero attached hydrogens (tertiary/aromatic N) is 3. The molecule has 0 radical (unpaired) electrons. The summed E-state index contributed by atoms with van der Waals surface area (Å²) in [5, 5.41) is 2.12. The van der Waals surface area contributed by atoms with Gasteiger partial charge in [-0.15, -0.1) is 0 Å². The molecule has 0 N–H and O–H groups in total. The van der Waals surface area contributed by atoms with Gasteiger partial charge in [-0.2, -0.15) is 0 Å². The van der Waals surface area contributed by atoms with Crippen molar-refractivity contribution in [3.63, 3.8) is 0 Å². The van der Waals surface area contributed by atoms with Gasteiger partial charge in [0.1, 0.15) is 0 Å². The van der Waals surface area contributed by atoms with Gasteiger partial charge in [-0.05, 0) is 36.4 Å². The van der Waals surface area contributed by atoms with Crippen LogP contribution in [-0.2, 0) is 19.5 Å². The van der Waals surface area contributed by atoms with Crippen molar-refractivity contribution in [3.05, 3.63) is 80.6 Å². The number of aromatic nitrogens is 2. The molecular formula is C20H16Cl3N3. The summed E-state index contributed by atoms with van der Waals surface area (Å²) in [6, 6.07) is 13.2. The van der Waals surface area contributed by atoms with Gasteiger partial charge in [-0.25, -0.2) is 9.97 Å². The maximum Gasteiger partial charge on any atom is 0.159 e. The second-order valence-corrected chi connectivity index (χ2v) is 7.58. The second kappa shape index (κ2) is 7.53. The Morgan fingerprint density at radius 2 is 1.69 bits per heavy atom. The summed E-state index contributed by atoms with van der Waals surface area (Å²) < 4.78 is 0. The first-order chi connectivity index (χ1) is 12.6. The van der Waals surface area contributed by atoms with Gasteiger partial charge >= 0.3 is 0 Å². The average Bonchev–Trinajstić information content (AvgIpc) is 2.65. The molecule has 6 heteroatoms. The highest BCUT2D eigenvalue weighted by molar-refractivity contribution is 6.36. The summed E-state index contributed by atoms with van der Waals surface area (Å²) in [5.74, 6) is 0.739. The molecule has 0 saturated heterocycles. The van der Waals surface area contributed by atoms with Crippen LogP contribution in [0, 0.1) is 0 Å². The first-order valence-electron chi connectivity index (χ1n) is 8.36. The molecule has 0 bridgehead atoms. The van der Waals surface area contributed by atoms with Crippen molar-refractivity contribution in [2.24, 2.45) is 0 Å². The van der Waals surface area contributed by atoms with Gasteiger partial charge in [0.2, 0.25) is 0 Å². The van der Waals surface area contributed by atoms with E-state index in [1.165, 1.54) is 0 Å². The Balaban J connectivity index is 1.54. The average molecular weight is 405 g/mol. The van der Waals surface area contributed by atoms with Gasteiger partial charge in [0.05, 0.1) is 5.69 Å². The number of hydrogen-bond acceptors (Lipinski definition) is 3. The van der Waals surface area contributed by atoms with Crippen LogP contribution in [0.15, 0.2) is 48.7 Å². The van der Waals surface area contributed by atoms with E-state index in [1.54, 1.807) is 0 Å². The molecule has 132 valence electrons. The Hall–Kier alpha value is -1.65. The third-order valence-corrected chi connectivity index (χ3v) is 5.52. The fourth-order valence-corrected chi connectivity index (χ4v) is 3.80. The first kappa shape index (κ1) is 17.7. The standard InChI is InChI=1S/C20H16Cl3N3/c21-15-6-4-13(5-7-15)20-24-10-14-11-26(9-8-19(14)25-20)12-16-17(22)2-1-3-18(16)23/h1-7,10H,8-9,11-12H2. The van der Waals surface area contributed by atoms with Crippen LogP contribution in [0.2, 0.25) is 15.1 Å². The summed E-state index contributed by atoms with van der Waals surface area (Å²) in [4.78, 5) is 11.6. The van der Waals surface area contributed by atoms with Crippen LogP contribution in [0.5, 0.6) is 0 Å². The van der Waals surface area contributed by atoms with Gasteiger partial charge in [-0.3, -0.25) is 4.90 Å². The van der Waals surface area contributed by atoms with Crippen molar-refractivity contribution in [1.29, 1.82) is 0 Å². The van der Waals surface area contributed by atoms with Crippen molar-refractivity contribution >= 4 is 34.8 Å². The lowest BCUT2D eigenvalue weighted by molar-refractivity contribution is 0.243. The SMILES string of the molecule is Clc1ccc(-c2ncc3c(n2)CCN(Cc2c(Cl)cccc2Cl)C3)cc1. The normalized spacial score (nSPS) is 14.3. The van der Waals surface area contributed by atoms with Crippen molar-refractivity contribution in [2.75, 3.05) is 6.54 Å². The zero-order valence-corrected chi connectivity index (χ0v) is 16.2. The highest BCUT2D eigenvalue weighted by atomic mass is 35.5. The molecule has 0 atom stereocenters. The molecule has 3 aromatic rings. The van der Waals surface area contributed by atoms with Gasteiger partial charge in [0.25, 0.3) is 0 Å². The van der Waals surface area contributed by atoms with Crippen molar-refractivity contribution in [3.8, 4) is 11.4 Å². The zero-order valence-electron chi connectivity index (χ0n) is 13.9. The van der Waals surface area contributed by atoms with Crippen molar-refractivity contribution < 1.29 is 0 Å². The monoisotopic (exact) mass is 403 g/mol. The number of fused-ring (bicyclic) bond motifs is 1. The van der Waals surface area contributed by atoms with E-state index in [-0.39, 0.29) is 0 Å². The lowest BCUT2D eigenvalue weighted by atomic mass is 10.1. The highest BCUT2D eigenvalue weighted by Crippen LogP contribution is 2.28. The van der Waals surface area contributed by atoms with Gasteiger partial charge < -0.3 is 0 Å². The molecule has 1 aliphatic heterocycles. The minimum atomic E-state index is 0.706. The Morgan fingerprint density at radius 1 is 0.962 bits per heavy atom. The molecule has 0 amide bonds. The summed E-state index contributed by atoms with van der Waals surface area (Å²) in [7, 11) is 0. The van der Waals surface area contributed by atoms with Crippen LogP contribution >= 0.6 is 34.8 Å². The van der Waals surface area contributed by atoms with Crippen LogP contribution in [0.3, 0.4) is 0 Å². The number of halogens is 3. The van der Waals surface area contributed by atoms with E-state index < -0.39 is 0 Å². The van der Waals surface area contributed by atoms with Crippen LogP contribution in [-0.4, -0.2) is 21.4 Å². The molecular weight excluding hydrogens is 389 g/mol. The minimum Gasteiger partial charge on any atom is -0.294 e. The van der Waals surface area contributed by atoms with E-state index in [2.05, 4.69) is 9.88 Å². The van der Waals surface area contributed by atoms with Crippen LogP contribution in [0.4, 0.5) is 0 Å². The molecule has 4 rings (SSSR count). The minimum absolute atomic E-state index is 0.706. The molecule has 0 fully saturated rings. The lowest BCUT2D eigenvalue weighted by Crippen LogP contribution is -2.31. The fourth-order valence-electron chi connectivity index (χ4n) is 3.15. The van der Waals surface area contributed by atoms with Gasteiger partial charge in [0.15, 0.2) is 5.82 Å². The fraction of sp³-hybridized carbons (Fsp3) is 0.200. The first-order valence-corrected chi connectivity index (χ1v) is 9.49. The van der Waals surface area contributed by atoms with E-state index in [0.717, 1.165) is 54.3 Å².